The van der Waals surface area contributed by atoms with Crippen LogP contribution in [0, 0.1) is 5.92 Å². The van der Waals surface area contributed by atoms with Crippen molar-refractivity contribution in [3.63, 3.8) is 0 Å². The number of amides is 1. The van der Waals surface area contributed by atoms with Gasteiger partial charge in [0.05, 0.1) is 13.2 Å². The van der Waals surface area contributed by atoms with Gasteiger partial charge in [0, 0.05) is 5.02 Å². The van der Waals surface area contributed by atoms with Gasteiger partial charge in [-0.05, 0) is 61.2 Å². The predicted octanol–water partition coefficient (Wildman–Crippen LogP) is 5.02. The van der Waals surface area contributed by atoms with E-state index in [-0.39, 0.29) is 11.9 Å². The lowest BCUT2D eigenvalue weighted by Gasteiger charge is -2.23. The Balaban J connectivity index is 2.05. The number of carbonyl (C=O) groups excluding carboxylic acids is 1. The molecule has 0 aliphatic carbocycles. The molecule has 0 bridgehead atoms. The van der Waals surface area contributed by atoms with Crippen LogP contribution < -0.4 is 14.8 Å². The Labute approximate surface area is 160 Å². The minimum absolute atomic E-state index is 0.0790. The van der Waals surface area contributed by atoms with Crippen molar-refractivity contribution in [1.82, 2.24) is 5.32 Å². The fourth-order valence-corrected chi connectivity index (χ4v) is 2.77. The van der Waals surface area contributed by atoms with Crippen molar-refractivity contribution in [2.45, 2.75) is 39.3 Å². The van der Waals surface area contributed by atoms with E-state index in [1.807, 2.05) is 24.3 Å². The normalized spacial score (nSPS) is 13.2. The Bertz CT molecular complexity index is 698. The zero-order chi connectivity index (χ0) is 19.1. The van der Waals surface area contributed by atoms with Crippen molar-refractivity contribution in [3.05, 3.63) is 59.1 Å². The highest BCUT2D eigenvalue weighted by Crippen LogP contribution is 2.24. The molecule has 0 radical (unpaired) electrons. The topological polar surface area (TPSA) is 47.6 Å². The molecule has 2 aromatic rings. The van der Waals surface area contributed by atoms with Crippen molar-refractivity contribution in [2.75, 3.05) is 7.11 Å². The molecule has 0 unspecified atom stereocenters. The number of nitrogens with one attached hydrogen (secondary N) is 1. The van der Waals surface area contributed by atoms with Crippen LogP contribution in [0.15, 0.2) is 48.5 Å². The molecule has 5 heteroatoms. The highest BCUT2D eigenvalue weighted by Gasteiger charge is 2.21. The van der Waals surface area contributed by atoms with E-state index in [9.17, 15) is 4.79 Å². The molecule has 0 saturated heterocycles. The molecule has 0 fully saturated rings. The first kappa shape index (κ1) is 20.1. The van der Waals surface area contributed by atoms with E-state index in [1.54, 1.807) is 38.3 Å². The fourth-order valence-electron chi connectivity index (χ4n) is 2.65. The number of benzene rings is 2. The lowest BCUT2D eigenvalue weighted by atomic mass is 9.96. The molecule has 0 aliphatic heterocycles. The molecule has 0 saturated carbocycles. The van der Waals surface area contributed by atoms with Crippen LogP contribution >= 0.6 is 11.6 Å². The van der Waals surface area contributed by atoms with E-state index in [0.717, 1.165) is 17.7 Å². The van der Waals surface area contributed by atoms with E-state index in [0.29, 0.717) is 16.7 Å². The number of rotatable bonds is 8. The molecule has 4 nitrogen and oxygen atoms in total. The third-order valence-electron chi connectivity index (χ3n) is 4.04. The summed E-state index contributed by atoms with van der Waals surface area (Å²) in [7, 11) is 1.64. The van der Waals surface area contributed by atoms with Gasteiger partial charge in [0.2, 0.25) is 0 Å². The summed E-state index contributed by atoms with van der Waals surface area (Å²) in [5, 5.41) is 3.73. The molecule has 2 rings (SSSR count). The summed E-state index contributed by atoms with van der Waals surface area (Å²) in [6.45, 7) is 6.01. The predicted molar refractivity (Wildman–Crippen MR) is 105 cm³/mol. The first-order valence-corrected chi connectivity index (χ1v) is 9.13. The quantitative estimate of drug-likeness (QED) is 0.704. The van der Waals surface area contributed by atoms with Gasteiger partial charge in [-0.15, -0.1) is 0 Å². The van der Waals surface area contributed by atoms with E-state index < -0.39 is 6.10 Å². The van der Waals surface area contributed by atoms with Crippen molar-refractivity contribution in [3.8, 4) is 11.5 Å². The van der Waals surface area contributed by atoms with Crippen molar-refractivity contribution < 1.29 is 14.3 Å². The number of halogens is 1. The summed E-state index contributed by atoms with van der Waals surface area (Å²) >= 11 is 5.87. The molecule has 0 spiro atoms. The number of ether oxygens (including phenoxy) is 2. The fraction of sp³-hybridized carbons (Fsp3) is 0.381. The van der Waals surface area contributed by atoms with Gasteiger partial charge < -0.3 is 14.8 Å². The Hall–Kier alpha value is -2.20. The van der Waals surface area contributed by atoms with Crippen LogP contribution in [0.3, 0.4) is 0 Å². The van der Waals surface area contributed by atoms with Gasteiger partial charge in [0.15, 0.2) is 6.10 Å². The number of hydrogen-bond acceptors (Lipinski definition) is 3. The maximum atomic E-state index is 12.6. The van der Waals surface area contributed by atoms with Gasteiger partial charge >= 0.3 is 0 Å². The molecule has 1 amide bonds. The first-order valence-electron chi connectivity index (χ1n) is 8.75. The van der Waals surface area contributed by atoms with Gasteiger partial charge in [-0.2, -0.15) is 0 Å². The van der Waals surface area contributed by atoms with Gasteiger partial charge in [0.25, 0.3) is 5.91 Å². The van der Waals surface area contributed by atoms with Crippen LogP contribution in [0.2, 0.25) is 5.02 Å². The Morgan fingerprint density at radius 3 is 2.12 bits per heavy atom. The molecule has 26 heavy (non-hydrogen) atoms. The number of methoxy groups -OCH3 is 1. The van der Waals surface area contributed by atoms with Crippen molar-refractivity contribution >= 4 is 17.5 Å². The number of carbonyl (C=O) groups is 1. The van der Waals surface area contributed by atoms with E-state index in [4.69, 9.17) is 21.1 Å². The lowest BCUT2D eigenvalue weighted by Crippen LogP contribution is -2.39. The zero-order valence-electron chi connectivity index (χ0n) is 15.7. The van der Waals surface area contributed by atoms with Crippen molar-refractivity contribution in [2.24, 2.45) is 5.92 Å². The highest BCUT2D eigenvalue weighted by atomic mass is 35.5. The van der Waals surface area contributed by atoms with E-state index in [1.165, 1.54) is 0 Å². The second kappa shape index (κ2) is 9.48. The molecule has 0 aliphatic rings. The molecule has 140 valence electrons. The summed E-state index contributed by atoms with van der Waals surface area (Å²) in [5.74, 6) is 1.70. The Morgan fingerprint density at radius 2 is 1.58 bits per heavy atom. The second-order valence-electron chi connectivity index (χ2n) is 6.68. The van der Waals surface area contributed by atoms with E-state index in [2.05, 4.69) is 19.2 Å². The molecule has 2 aromatic carbocycles. The van der Waals surface area contributed by atoms with Crippen molar-refractivity contribution in [1.29, 1.82) is 0 Å². The summed E-state index contributed by atoms with van der Waals surface area (Å²) in [6, 6.07) is 14.7. The summed E-state index contributed by atoms with van der Waals surface area (Å²) in [4.78, 5) is 12.6. The Morgan fingerprint density at radius 1 is 1.00 bits per heavy atom. The summed E-state index contributed by atoms with van der Waals surface area (Å²) < 4.78 is 10.9. The average molecular weight is 376 g/mol. The first-order chi connectivity index (χ1) is 12.4. The van der Waals surface area contributed by atoms with Gasteiger partial charge in [-0.1, -0.05) is 37.6 Å². The summed E-state index contributed by atoms with van der Waals surface area (Å²) in [6.07, 6.45) is 0.232. The Kier molecular flexibility index (Phi) is 7.34. The van der Waals surface area contributed by atoms with E-state index >= 15 is 0 Å². The van der Waals surface area contributed by atoms with Gasteiger partial charge in [-0.25, -0.2) is 0 Å². The lowest BCUT2D eigenvalue weighted by molar-refractivity contribution is -0.128. The van der Waals surface area contributed by atoms with Crippen LogP contribution in [0.25, 0.3) is 0 Å². The van der Waals surface area contributed by atoms with Crippen LogP contribution in [0.1, 0.15) is 38.8 Å². The third-order valence-corrected chi connectivity index (χ3v) is 4.29. The average Bonchev–Trinajstić information content (AvgIpc) is 2.62. The molecule has 0 aromatic heterocycles. The molecule has 1 N–H and O–H groups in total. The third kappa shape index (κ3) is 5.95. The monoisotopic (exact) mass is 375 g/mol. The largest absolute Gasteiger partial charge is 0.497 e. The minimum Gasteiger partial charge on any atom is -0.497 e. The molecular formula is C21H26ClNO3. The van der Waals surface area contributed by atoms with Crippen LogP contribution in [0.4, 0.5) is 0 Å². The smallest absolute Gasteiger partial charge is 0.261 e. The minimum atomic E-state index is -0.607. The van der Waals surface area contributed by atoms with Crippen LogP contribution in [-0.2, 0) is 4.79 Å². The number of hydrogen-bond donors (Lipinski definition) is 1. The SMILES string of the molecule is COc1ccc([C@H](CC(C)C)NC(=O)[C@H](C)Oc2ccc(Cl)cc2)cc1. The van der Waals surface area contributed by atoms with Crippen LogP contribution in [-0.4, -0.2) is 19.1 Å². The highest BCUT2D eigenvalue weighted by molar-refractivity contribution is 6.30. The van der Waals surface area contributed by atoms with Gasteiger partial charge in [0.1, 0.15) is 11.5 Å². The zero-order valence-corrected chi connectivity index (χ0v) is 16.4. The molecule has 0 heterocycles. The standard InChI is InChI=1S/C21H26ClNO3/c1-14(2)13-20(16-5-9-18(25-4)10-6-16)23-21(24)15(3)26-19-11-7-17(22)8-12-19/h5-12,14-15,20H,13H2,1-4H3,(H,23,24)/t15-,20-/m0/s1. The maximum Gasteiger partial charge on any atom is 0.261 e. The molecular weight excluding hydrogens is 350 g/mol. The van der Waals surface area contributed by atoms with Crippen LogP contribution in [0.5, 0.6) is 11.5 Å². The molecule has 2 atom stereocenters. The summed E-state index contributed by atoms with van der Waals surface area (Å²) in [5.41, 5.74) is 1.05. The second-order valence-corrected chi connectivity index (χ2v) is 7.11. The van der Waals surface area contributed by atoms with Gasteiger partial charge in [-0.3, -0.25) is 4.79 Å². The maximum absolute atomic E-state index is 12.6.